The molecule has 0 bridgehead atoms. The van der Waals surface area contributed by atoms with E-state index in [9.17, 15) is 23.3 Å². The van der Waals surface area contributed by atoms with Crippen LogP contribution in [-0.4, -0.2) is 42.7 Å². The summed E-state index contributed by atoms with van der Waals surface area (Å²) in [7, 11) is -3.35. The summed E-state index contributed by atoms with van der Waals surface area (Å²) >= 11 is 12.3. The molecule has 2 aliphatic heterocycles. The zero-order valence-electron chi connectivity index (χ0n) is 16.8. The van der Waals surface area contributed by atoms with Gasteiger partial charge in [-0.3, -0.25) is 14.5 Å². The molecule has 1 atom stereocenters. The third kappa shape index (κ3) is 3.99. The summed E-state index contributed by atoms with van der Waals surface area (Å²) in [5.74, 6) is -1.14. The predicted octanol–water partition coefficient (Wildman–Crippen LogP) is 4.03. The Balaban J connectivity index is 1.75. The Labute approximate surface area is 194 Å². The van der Waals surface area contributed by atoms with E-state index < -0.39 is 27.7 Å². The van der Waals surface area contributed by atoms with Gasteiger partial charge in [-0.15, -0.1) is 0 Å². The first-order valence-corrected chi connectivity index (χ1v) is 12.2. The number of furan rings is 1. The largest absolute Gasteiger partial charge is 0.457 e. The lowest BCUT2D eigenvalue weighted by molar-refractivity contribution is -0.142. The molecule has 0 N–H and O–H groups in total. The van der Waals surface area contributed by atoms with Crippen molar-refractivity contribution in [3.8, 4) is 17.4 Å². The Bertz CT molecular complexity index is 1360. The summed E-state index contributed by atoms with van der Waals surface area (Å²) in [5, 5.41) is 10.4. The van der Waals surface area contributed by atoms with Crippen molar-refractivity contribution >= 4 is 50.9 Å². The van der Waals surface area contributed by atoms with E-state index >= 15 is 0 Å². The van der Waals surface area contributed by atoms with Crippen molar-refractivity contribution in [2.24, 2.45) is 0 Å². The number of nitrogens with zero attached hydrogens (tertiary/aromatic N) is 2. The minimum Gasteiger partial charge on any atom is -0.457 e. The summed E-state index contributed by atoms with van der Waals surface area (Å²) in [6.45, 7) is 1.50. The fourth-order valence-corrected chi connectivity index (χ4v) is 5.90. The molecular formula is C22H16Cl2N2O5S. The zero-order valence-corrected chi connectivity index (χ0v) is 19.1. The first kappa shape index (κ1) is 22.3. The third-order valence-electron chi connectivity index (χ3n) is 5.45. The fourth-order valence-electron chi connectivity index (χ4n) is 3.81. The second kappa shape index (κ2) is 8.24. The Hall–Kier alpha value is -2.86. The van der Waals surface area contributed by atoms with Crippen LogP contribution in [0.4, 0.5) is 0 Å². The van der Waals surface area contributed by atoms with Crippen LogP contribution in [0.1, 0.15) is 19.1 Å². The van der Waals surface area contributed by atoms with Crippen LogP contribution in [0.15, 0.2) is 51.5 Å². The number of hydrogen-bond donors (Lipinski definition) is 0. The van der Waals surface area contributed by atoms with E-state index in [0.717, 1.165) is 4.90 Å². The summed E-state index contributed by atoms with van der Waals surface area (Å²) in [4.78, 5) is 26.9. The Kier molecular flexibility index (Phi) is 5.76. The number of carbonyl (C=O) groups excluding carboxylic acids is 2. The van der Waals surface area contributed by atoms with Crippen LogP contribution in [0.2, 0.25) is 10.0 Å². The lowest BCUT2D eigenvalue weighted by Gasteiger charge is -2.31. The number of halogens is 2. The van der Waals surface area contributed by atoms with E-state index in [1.807, 2.05) is 6.07 Å². The maximum absolute atomic E-state index is 13.2. The summed E-state index contributed by atoms with van der Waals surface area (Å²) < 4.78 is 29.6. The number of hydrogen-bond acceptors (Lipinski definition) is 6. The van der Waals surface area contributed by atoms with E-state index in [1.165, 1.54) is 13.0 Å². The molecule has 0 radical (unpaired) electrons. The van der Waals surface area contributed by atoms with Crippen molar-refractivity contribution in [1.82, 2.24) is 4.90 Å². The molecule has 164 valence electrons. The van der Waals surface area contributed by atoms with Gasteiger partial charge in [0.1, 0.15) is 23.2 Å². The fraction of sp³-hybridized carbons (Fsp3) is 0.227. The Morgan fingerprint density at radius 3 is 2.59 bits per heavy atom. The standard InChI is InChI=1S/C22H16Cl2N2O5S/c1-12-16(9-15-3-5-20(31-15)17-8-13(23)2-4-19(17)24)21(27)26(22(28)18(12)10-25)14-6-7-32(29,30)11-14/h2-5,8-9,14H,6-7,11H2,1H3/b16-9+/t14-/m0/s1. The minimum absolute atomic E-state index is 0.0866. The normalized spacial score (nSPS) is 22.0. The molecule has 2 amide bonds. The van der Waals surface area contributed by atoms with Crippen molar-refractivity contribution in [1.29, 1.82) is 5.26 Å². The molecule has 2 aliphatic rings. The highest BCUT2D eigenvalue weighted by Crippen LogP contribution is 2.34. The molecule has 0 unspecified atom stereocenters. The Morgan fingerprint density at radius 1 is 1.19 bits per heavy atom. The van der Waals surface area contributed by atoms with Crippen LogP contribution in [0.25, 0.3) is 17.4 Å². The maximum Gasteiger partial charge on any atom is 0.271 e. The molecule has 0 saturated carbocycles. The lowest BCUT2D eigenvalue weighted by Crippen LogP contribution is -2.49. The molecule has 2 aromatic rings. The van der Waals surface area contributed by atoms with Crippen molar-refractivity contribution in [3.05, 3.63) is 62.9 Å². The maximum atomic E-state index is 13.2. The van der Waals surface area contributed by atoms with Crippen molar-refractivity contribution in [3.63, 3.8) is 0 Å². The van der Waals surface area contributed by atoms with Gasteiger partial charge in [-0.25, -0.2) is 8.42 Å². The van der Waals surface area contributed by atoms with Crippen LogP contribution in [0, 0.1) is 11.3 Å². The average molecular weight is 491 g/mol. The van der Waals surface area contributed by atoms with Gasteiger partial charge in [-0.05, 0) is 55.3 Å². The molecule has 1 aromatic heterocycles. The number of benzene rings is 1. The van der Waals surface area contributed by atoms with Crippen molar-refractivity contribution < 1.29 is 22.4 Å². The number of imide groups is 1. The Morgan fingerprint density at radius 2 is 1.94 bits per heavy atom. The van der Waals surface area contributed by atoms with Gasteiger partial charge < -0.3 is 4.42 Å². The molecule has 4 rings (SSSR count). The lowest BCUT2D eigenvalue weighted by atomic mass is 9.93. The van der Waals surface area contributed by atoms with Gasteiger partial charge in [0.25, 0.3) is 11.8 Å². The molecule has 7 nitrogen and oxygen atoms in total. The summed E-state index contributed by atoms with van der Waals surface area (Å²) in [6.07, 6.45) is 1.57. The highest BCUT2D eigenvalue weighted by Gasteiger charge is 2.43. The first-order valence-electron chi connectivity index (χ1n) is 9.58. The van der Waals surface area contributed by atoms with E-state index in [2.05, 4.69) is 0 Å². The van der Waals surface area contributed by atoms with Gasteiger partial charge >= 0.3 is 0 Å². The van der Waals surface area contributed by atoms with Gasteiger partial charge in [-0.1, -0.05) is 23.2 Å². The monoisotopic (exact) mass is 490 g/mol. The highest BCUT2D eigenvalue weighted by molar-refractivity contribution is 7.91. The van der Waals surface area contributed by atoms with Gasteiger partial charge in [-0.2, -0.15) is 5.26 Å². The molecule has 32 heavy (non-hydrogen) atoms. The second-order valence-electron chi connectivity index (χ2n) is 7.53. The van der Waals surface area contributed by atoms with E-state index in [0.29, 0.717) is 27.1 Å². The predicted molar refractivity (Wildman–Crippen MR) is 119 cm³/mol. The van der Waals surface area contributed by atoms with Gasteiger partial charge in [0.15, 0.2) is 9.84 Å². The number of carbonyl (C=O) groups is 2. The number of sulfone groups is 1. The number of nitriles is 1. The van der Waals surface area contributed by atoms with E-state index in [-0.39, 0.29) is 34.6 Å². The molecule has 1 aromatic carbocycles. The smallest absolute Gasteiger partial charge is 0.271 e. The molecular weight excluding hydrogens is 475 g/mol. The second-order valence-corrected chi connectivity index (χ2v) is 10.6. The SMILES string of the molecule is CC1=C(C#N)C(=O)N([C@H]2CCS(=O)(=O)C2)C(=O)/C1=C/c1ccc(-c2cc(Cl)ccc2Cl)o1. The molecule has 10 heteroatoms. The topological polar surface area (TPSA) is 108 Å². The molecule has 1 saturated heterocycles. The molecule has 0 aliphatic carbocycles. The van der Waals surface area contributed by atoms with Crippen molar-refractivity contribution in [2.75, 3.05) is 11.5 Å². The highest BCUT2D eigenvalue weighted by atomic mass is 35.5. The van der Waals surface area contributed by atoms with Gasteiger partial charge in [0, 0.05) is 16.2 Å². The van der Waals surface area contributed by atoms with Crippen LogP contribution >= 0.6 is 23.2 Å². The molecule has 3 heterocycles. The van der Waals surface area contributed by atoms with Gasteiger partial charge in [0.2, 0.25) is 0 Å². The molecule has 1 fully saturated rings. The number of rotatable bonds is 3. The average Bonchev–Trinajstić information content (AvgIpc) is 3.33. The quantitative estimate of drug-likeness (QED) is 0.474. The van der Waals surface area contributed by atoms with Crippen LogP contribution in [0.3, 0.4) is 0 Å². The van der Waals surface area contributed by atoms with Crippen LogP contribution < -0.4 is 0 Å². The third-order valence-corrected chi connectivity index (χ3v) is 7.77. The van der Waals surface area contributed by atoms with Crippen molar-refractivity contribution in [2.45, 2.75) is 19.4 Å². The molecule has 0 spiro atoms. The first-order chi connectivity index (χ1) is 15.1. The number of amides is 2. The van der Waals surface area contributed by atoms with Crippen LogP contribution in [0.5, 0.6) is 0 Å². The zero-order chi connectivity index (χ0) is 23.2. The van der Waals surface area contributed by atoms with E-state index in [1.54, 1.807) is 30.3 Å². The van der Waals surface area contributed by atoms with Crippen LogP contribution in [-0.2, 0) is 19.4 Å². The van der Waals surface area contributed by atoms with E-state index in [4.69, 9.17) is 27.6 Å². The summed E-state index contributed by atoms with van der Waals surface area (Å²) in [6, 6.07) is 9.24. The summed E-state index contributed by atoms with van der Waals surface area (Å²) in [5.41, 5.74) is 0.656. The minimum atomic E-state index is -3.35. The van der Waals surface area contributed by atoms with Gasteiger partial charge in [0.05, 0.1) is 22.6 Å².